The molecule has 2 saturated heterocycles. The molecule has 122 heavy (non-hydrogen) atoms. The number of furan rings is 2. The number of piperidine rings is 1. The Morgan fingerprint density at radius 1 is 0.459 bits per heavy atom. The van der Waals surface area contributed by atoms with Gasteiger partial charge in [0.05, 0.1) is 92.6 Å². The maximum Gasteiger partial charge on any atom is 0.242 e. The Morgan fingerprint density at radius 3 is 1.25 bits per heavy atom. The Balaban J connectivity index is 0.000000158. The number of allylic oxidation sites excluding steroid dienone is 6. The monoisotopic (exact) mass is 1660 g/mol. The van der Waals surface area contributed by atoms with Crippen LogP contribution in [0, 0.1) is 23.4 Å². The molecule has 0 spiro atoms. The second-order valence-corrected chi connectivity index (χ2v) is 30.4. The minimum atomic E-state index is -0.721. The predicted octanol–water partition coefficient (Wildman–Crippen LogP) is 15.1. The Labute approximate surface area is 706 Å². The number of fused-ring (bicyclic) bond motifs is 3. The summed E-state index contributed by atoms with van der Waals surface area (Å²) in [5, 5.41) is 47.4. The number of carbonyl (C=O) groups excluding carboxylic acids is 3. The molecular weight excluding hydrogens is 1560 g/mol. The van der Waals surface area contributed by atoms with Crippen LogP contribution in [0.1, 0.15) is 120 Å². The Kier molecular flexibility index (Phi) is 28.0. The van der Waals surface area contributed by atoms with Gasteiger partial charge in [0.15, 0.2) is 40.4 Å². The molecule has 10 aromatic rings. The largest absolute Gasteiger partial charge is 0.502 e. The fourth-order valence-corrected chi connectivity index (χ4v) is 16.3. The second kappa shape index (κ2) is 39.4. The van der Waals surface area contributed by atoms with Crippen molar-refractivity contribution in [1.82, 2.24) is 46.4 Å². The van der Waals surface area contributed by atoms with Gasteiger partial charge in [-0.05, 0) is 308 Å². The van der Waals surface area contributed by atoms with Crippen LogP contribution in [0.5, 0.6) is 51.7 Å². The number of aromatic nitrogens is 2. The van der Waals surface area contributed by atoms with E-state index < -0.39 is 23.8 Å². The SMILES string of the molecule is COc1cc(/C=C2/C(C)=C(C(CCc3ncco3)C(=O)NCc3ccco3)c3cc(F)ccc32)cc(OC)c1O.COc1cc(/C=C2/C(C)=C(C(NC3CCN(C)C3)C(=O)NCc3ccco3)c3cc(F)ccc32)cc(OC)c1O.COc1cc(/C=C2/C(C)=C(C(NC3CCN(C)CC3)C(=O)NCc3ccccn3)c3cc(F)ccc32)cc(OC)c1O. The van der Waals surface area contributed by atoms with Gasteiger partial charge in [0, 0.05) is 31.2 Å². The van der Waals surface area contributed by atoms with Crippen molar-refractivity contribution in [3.05, 3.63) is 272 Å². The zero-order chi connectivity index (χ0) is 86.4. The lowest BCUT2D eigenvalue weighted by atomic mass is 9.87. The topological polar surface area (TPSA) is 299 Å². The minimum Gasteiger partial charge on any atom is -0.502 e. The van der Waals surface area contributed by atoms with Gasteiger partial charge in [0.2, 0.25) is 35.0 Å². The van der Waals surface area contributed by atoms with Crippen molar-refractivity contribution < 1.29 is 84.5 Å². The zero-order valence-electron chi connectivity index (χ0n) is 69.9. The van der Waals surface area contributed by atoms with Gasteiger partial charge in [-0.3, -0.25) is 30.0 Å². The highest BCUT2D eigenvalue weighted by Crippen LogP contribution is 2.51. The molecular formula is C95H100F3N9O15. The molecule has 2 aliphatic heterocycles. The van der Waals surface area contributed by atoms with Crippen molar-refractivity contribution in [2.24, 2.45) is 5.92 Å². The highest BCUT2D eigenvalue weighted by Gasteiger charge is 2.40. The molecule has 15 rings (SSSR count). The van der Waals surface area contributed by atoms with Gasteiger partial charge < -0.3 is 82.7 Å². The fraction of sp³-hybridized carbons (Fsp3) is 0.295. The molecule has 6 aromatic carbocycles. The maximum absolute atomic E-state index is 14.8. The number of nitrogens with one attached hydrogen (secondary N) is 5. The molecule has 8 N–H and O–H groups in total. The third-order valence-corrected chi connectivity index (χ3v) is 22.6. The van der Waals surface area contributed by atoms with Crippen LogP contribution in [0.2, 0.25) is 0 Å². The summed E-state index contributed by atoms with van der Waals surface area (Å²) >= 11 is 0. The van der Waals surface area contributed by atoms with E-state index in [0.29, 0.717) is 52.5 Å². The summed E-state index contributed by atoms with van der Waals surface area (Å²) < 4.78 is 92.3. The first kappa shape index (κ1) is 86.8. The number of rotatable bonds is 28. The number of aromatic hydroxyl groups is 3. The zero-order valence-corrected chi connectivity index (χ0v) is 69.9. The number of aryl methyl sites for hydroxylation is 1. The molecule has 4 unspecified atom stereocenters. The van der Waals surface area contributed by atoms with Crippen LogP contribution in [0.4, 0.5) is 13.2 Å². The van der Waals surface area contributed by atoms with E-state index in [0.717, 1.165) is 129 Å². The van der Waals surface area contributed by atoms with Gasteiger partial charge in [0.1, 0.15) is 47.3 Å². The number of hydrogen-bond donors (Lipinski definition) is 8. The van der Waals surface area contributed by atoms with Gasteiger partial charge in [-0.1, -0.05) is 24.3 Å². The quantitative estimate of drug-likeness (QED) is 0.0226. The predicted molar refractivity (Wildman–Crippen MR) is 460 cm³/mol. The van der Waals surface area contributed by atoms with Crippen LogP contribution in [0.3, 0.4) is 0 Å². The number of likely N-dealkylation sites (N-methyl/N-ethyl adjacent to an activating group) is 1. The lowest BCUT2D eigenvalue weighted by molar-refractivity contribution is -0.124. The number of hydrogen-bond acceptors (Lipinski definition) is 21. The van der Waals surface area contributed by atoms with Crippen LogP contribution in [0.15, 0.2) is 195 Å². The fourth-order valence-electron chi connectivity index (χ4n) is 16.3. The molecule has 636 valence electrons. The van der Waals surface area contributed by atoms with E-state index in [4.69, 9.17) is 41.7 Å². The summed E-state index contributed by atoms with van der Waals surface area (Å²) in [6.45, 7) is 10.2. The van der Waals surface area contributed by atoms with Gasteiger partial charge in [-0.15, -0.1) is 0 Å². The molecule has 3 aliphatic carbocycles. The normalized spacial score (nSPS) is 16.8. The van der Waals surface area contributed by atoms with Crippen molar-refractivity contribution in [2.75, 3.05) is 82.9 Å². The number of phenolic OH excluding ortho intramolecular Hbond substituents is 3. The smallest absolute Gasteiger partial charge is 0.242 e. The first-order valence-corrected chi connectivity index (χ1v) is 40.1. The first-order chi connectivity index (χ1) is 59.0. The van der Waals surface area contributed by atoms with Gasteiger partial charge in [-0.2, -0.15) is 0 Å². The average Bonchev–Trinajstić information content (AvgIpc) is 1.61. The number of pyridine rings is 1. The number of nitrogens with zero attached hydrogens (tertiary/aromatic N) is 4. The lowest BCUT2D eigenvalue weighted by Gasteiger charge is -2.33. The summed E-state index contributed by atoms with van der Waals surface area (Å²) in [7, 11) is 13.0. The lowest BCUT2D eigenvalue weighted by Crippen LogP contribution is -2.51. The standard InChI is InChI=1S/C33H37FN4O4.C31H34FN3O5.C31H29FN2O6/c1-20-26(15-21-16-28(41-3)32(39)29(17-21)42-4)25-9-8-22(34)18-27(25)30(20)31(37-23-10-13-38(2)14-11-23)33(40)36-19-24-7-5-6-12-35-24;1-18-24(12-19-13-26(38-3)30(36)27(14-19)39-4)23-8-7-20(32)15-25(23)28(18)29(34-21-9-10-35(2)17-21)31(37)33-16-22-6-5-11-40-22;1-18-24(13-19-14-26(37-2)30(35)27(15-19)38-3)22-7-6-20(32)16-25(22)29(18)23(8-9-28-33-10-12-40-28)31(36)34-17-21-5-4-11-39-21/h5-9,12,15-18,23,31,37,39H,10-11,13-14,19H2,1-4H3,(H,36,40);5-8,11-15,21,29,34,36H,9-10,16-17H2,1-4H3,(H,33,37);4-7,10-16,23,35H,8-9,17H2,1-3H3,(H,34,36)/b26-15-;24-12-;24-13-. The third kappa shape index (κ3) is 19.8. The van der Waals surface area contributed by atoms with E-state index in [-0.39, 0.29) is 113 Å². The molecule has 3 amide bonds. The molecule has 5 aliphatic rings. The number of halogens is 3. The average molecular weight is 1660 g/mol. The third-order valence-electron chi connectivity index (χ3n) is 22.6. The summed E-state index contributed by atoms with van der Waals surface area (Å²) in [6.07, 6.45) is 17.2. The number of oxazole rings is 1. The molecule has 6 heterocycles. The van der Waals surface area contributed by atoms with Crippen molar-refractivity contribution in [1.29, 1.82) is 0 Å². The van der Waals surface area contributed by atoms with Crippen molar-refractivity contribution in [2.45, 2.75) is 96.7 Å². The van der Waals surface area contributed by atoms with Crippen LogP contribution >= 0.6 is 0 Å². The molecule has 2 fully saturated rings. The number of amides is 3. The molecule has 24 nitrogen and oxygen atoms in total. The van der Waals surface area contributed by atoms with Gasteiger partial charge in [0.25, 0.3) is 0 Å². The summed E-state index contributed by atoms with van der Waals surface area (Å²) in [6, 6.07) is 35.6. The highest BCUT2D eigenvalue weighted by atomic mass is 19.1. The number of likely N-dealkylation sites (tertiary alicyclic amines) is 2. The summed E-state index contributed by atoms with van der Waals surface area (Å²) in [4.78, 5) is 54.4. The van der Waals surface area contributed by atoms with Gasteiger partial charge >= 0.3 is 0 Å². The number of carbonyl (C=O) groups is 3. The molecule has 4 atom stereocenters. The number of methoxy groups -OCH3 is 6. The van der Waals surface area contributed by atoms with Crippen LogP contribution in [-0.2, 0) is 40.4 Å². The summed E-state index contributed by atoms with van der Waals surface area (Å²) in [5.41, 5.74) is 14.6. The van der Waals surface area contributed by atoms with E-state index in [2.05, 4.69) is 60.4 Å². The molecule has 0 radical (unpaired) electrons. The van der Waals surface area contributed by atoms with E-state index in [1.54, 1.807) is 104 Å². The summed E-state index contributed by atoms with van der Waals surface area (Å²) in [5.74, 6) is 0.685. The molecule has 0 saturated carbocycles. The second-order valence-electron chi connectivity index (χ2n) is 30.4. The minimum absolute atomic E-state index is 0.0871. The van der Waals surface area contributed by atoms with Crippen molar-refractivity contribution >= 4 is 69.4 Å². The number of phenols is 3. The Morgan fingerprint density at radius 2 is 0.861 bits per heavy atom. The highest BCUT2D eigenvalue weighted by molar-refractivity contribution is 6.13. The van der Waals surface area contributed by atoms with E-state index in [1.165, 1.54) is 85.3 Å². The molecule has 27 heteroatoms. The van der Waals surface area contributed by atoms with E-state index >= 15 is 0 Å². The maximum atomic E-state index is 14.8. The number of benzene rings is 6. The van der Waals surface area contributed by atoms with Crippen LogP contribution < -0.4 is 55.0 Å². The Bertz CT molecular complexity index is 5560. The van der Waals surface area contributed by atoms with E-state index in [1.807, 2.05) is 57.2 Å². The van der Waals surface area contributed by atoms with Crippen molar-refractivity contribution in [3.63, 3.8) is 0 Å². The van der Waals surface area contributed by atoms with E-state index in [9.17, 15) is 42.9 Å². The van der Waals surface area contributed by atoms with Gasteiger partial charge in [-0.25, -0.2) is 18.2 Å². The molecule has 0 bridgehead atoms. The Hall–Kier alpha value is -13.1. The first-order valence-electron chi connectivity index (χ1n) is 40.1. The van der Waals surface area contributed by atoms with Crippen LogP contribution in [-0.4, -0.2) is 160 Å². The van der Waals surface area contributed by atoms with Crippen LogP contribution in [0.25, 0.3) is 51.7 Å². The number of ether oxygens (including phenoxy) is 6. The van der Waals surface area contributed by atoms with Crippen molar-refractivity contribution in [3.8, 4) is 51.7 Å². The molecule has 4 aromatic heterocycles.